The Hall–Kier alpha value is -1.99. The number of hydrogen-bond acceptors (Lipinski definition) is 4. The number of hydrogen-bond donors (Lipinski definition) is 2. The van der Waals surface area contributed by atoms with Gasteiger partial charge in [0.2, 0.25) is 10.0 Å². The number of fused-ring (bicyclic) bond motifs is 1. The van der Waals surface area contributed by atoms with Crippen LogP contribution < -0.4 is 10.5 Å². The van der Waals surface area contributed by atoms with Gasteiger partial charge in [-0.1, -0.05) is 18.2 Å². The monoisotopic (exact) mass is 279 g/mol. The fourth-order valence-electron chi connectivity index (χ4n) is 1.69. The summed E-state index contributed by atoms with van der Waals surface area (Å²) < 4.78 is 21.6. The molecule has 0 atom stereocenters. The second-order valence-corrected chi connectivity index (χ2v) is 5.74. The summed E-state index contributed by atoms with van der Waals surface area (Å²) >= 11 is 0. The lowest BCUT2D eigenvalue weighted by atomic mass is 10.1. The first-order valence-electron chi connectivity index (χ1n) is 5.60. The van der Waals surface area contributed by atoms with Gasteiger partial charge in [-0.25, -0.2) is 13.6 Å². The van der Waals surface area contributed by atoms with Crippen molar-refractivity contribution in [3.8, 4) is 0 Å². The standard InChI is InChI=1S/C12H13N3O3S/c13-19(17,18)8-7-15-12(16)10-5-1-3-9-4-2-6-14-11(9)10/h1-6H,7-8H2,(H,15,16)(H2,13,17,18). The highest BCUT2D eigenvalue weighted by molar-refractivity contribution is 7.89. The minimum absolute atomic E-state index is 0.0269. The first-order chi connectivity index (χ1) is 8.97. The van der Waals surface area contributed by atoms with Crippen LogP contribution in [0.15, 0.2) is 36.5 Å². The molecule has 0 spiro atoms. The summed E-state index contributed by atoms with van der Waals surface area (Å²) in [5, 5.41) is 8.22. The molecule has 0 radical (unpaired) electrons. The molecule has 0 fully saturated rings. The quantitative estimate of drug-likeness (QED) is 0.837. The Morgan fingerprint density at radius 2 is 2.00 bits per heavy atom. The van der Waals surface area contributed by atoms with Crippen molar-refractivity contribution >= 4 is 26.8 Å². The van der Waals surface area contributed by atoms with Gasteiger partial charge in [-0.05, 0) is 12.1 Å². The minimum atomic E-state index is -3.57. The van der Waals surface area contributed by atoms with E-state index < -0.39 is 10.0 Å². The molecule has 0 unspecified atom stereocenters. The maximum Gasteiger partial charge on any atom is 0.253 e. The molecule has 2 rings (SSSR count). The molecule has 1 amide bonds. The van der Waals surface area contributed by atoms with Crippen LogP contribution in [-0.2, 0) is 10.0 Å². The van der Waals surface area contributed by atoms with Crippen LogP contribution in [0.4, 0.5) is 0 Å². The van der Waals surface area contributed by atoms with Crippen molar-refractivity contribution in [2.75, 3.05) is 12.3 Å². The van der Waals surface area contributed by atoms with Gasteiger partial charge in [-0.15, -0.1) is 0 Å². The number of aromatic nitrogens is 1. The van der Waals surface area contributed by atoms with E-state index in [1.54, 1.807) is 24.4 Å². The van der Waals surface area contributed by atoms with Gasteiger partial charge in [0, 0.05) is 18.1 Å². The van der Waals surface area contributed by atoms with Crippen LogP contribution in [0.25, 0.3) is 10.9 Å². The number of nitrogens with two attached hydrogens (primary N) is 1. The average Bonchev–Trinajstić information content (AvgIpc) is 2.36. The van der Waals surface area contributed by atoms with Crippen molar-refractivity contribution in [2.45, 2.75) is 0 Å². The van der Waals surface area contributed by atoms with E-state index in [-0.39, 0.29) is 18.2 Å². The lowest BCUT2D eigenvalue weighted by Gasteiger charge is -2.06. The number of nitrogens with zero attached hydrogens (tertiary/aromatic N) is 1. The highest BCUT2D eigenvalue weighted by Crippen LogP contribution is 2.15. The predicted molar refractivity (Wildman–Crippen MR) is 72.1 cm³/mol. The molecule has 0 aliphatic heterocycles. The van der Waals surface area contributed by atoms with Crippen LogP contribution in [0.1, 0.15) is 10.4 Å². The molecular weight excluding hydrogens is 266 g/mol. The molecule has 0 aliphatic rings. The fourth-order valence-corrected chi connectivity index (χ4v) is 2.08. The maximum absolute atomic E-state index is 12.0. The Bertz CT molecular complexity index is 708. The number of benzene rings is 1. The Morgan fingerprint density at radius 3 is 2.74 bits per heavy atom. The Morgan fingerprint density at radius 1 is 1.26 bits per heavy atom. The van der Waals surface area contributed by atoms with Crippen molar-refractivity contribution in [1.82, 2.24) is 10.3 Å². The van der Waals surface area contributed by atoms with Gasteiger partial charge < -0.3 is 5.32 Å². The van der Waals surface area contributed by atoms with Crippen molar-refractivity contribution in [3.63, 3.8) is 0 Å². The molecule has 6 nitrogen and oxygen atoms in total. The molecule has 0 aliphatic carbocycles. The maximum atomic E-state index is 12.0. The van der Waals surface area contributed by atoms with E-state index in [1.165, 1.54) is 0 Å². The van der Waals surface area contributed by atoms with E-state index in [0.717, 1.165) is 5.39 Å². The number of carbonyl (C=O) groups is 1. The number of sulfonamides is 1. The zero-order valence-corrected chi connectivity index (χ0v) is 10.9. The first-order valence-corrected chi connectivity index (χ1v) is 7.31. The highest BCUT2D eigenvalue weighted by Gasteiger charge is 2.11. The summed E-state index contributed by atoms with van der Waals surface area (Å²) in [6.07, 6.45) is 1.60. The molecule has 0 bridgehead atoms. The summed E-state index contributed by atoms with van der Waals surface area (Å²) in [4.78, 5) is 16.1. The zero-order chi connectivity index (χ0) is 13.9. The largest absolute Gasteiger partial charge is 0.351 e. The minimum Gasteiger partial charge on any atom is -0.351 e. The van der Waals surface area contributed by atoms with Crippen molar-refractivity contribution in [3.05, 3.63) is 42.1 Å². The highest BCUT2D eigenvalue weighted by atomic mass is 32.2. The normalized spacial score (nSPS) is 11.4. The van der Waals surface area contributed by atoms with Crippen LogP contribution >= 0.6 is 0 Å². The van der Waals surface area contributed by atoms with E-state index in [2.05, 4.69) is 10.3 Å². The molecule has 19 heavy (non-hydrogen) atoms. The smallest absolute Gasteiger partial charge is 0.253 e. The van der Waals surface area contributed by atoms with Gasteiger partial charge in [0.1, 0.15) is 0 Å². The Kier molecular flexibility index (Phi) is 3.77. The number of carbonyl (C=O) groups excluding carboxylic acids is 1. The number of nitrogens with one attached hydrogen (secondary N) is 1. The van der Waals surface area contributed by atoms with Gasteiger partial charge >= 0.3 is 0 Å². The molecule has 1 aromatic heterocycles. The summed E-state index contributed by atoms with van der Waals surface area (Å²) in [6, 6.07) is 8.87. The number of rotatable bonds is 4. The van der Waals surface area contributed by atoms with Crippen LogP contribution in [0.3, 0.4) is 0 Å². The zero-order valence-electron chi connectivity index (χ0n) is 10.0. The van der Waals surface area contributed by atoms with Crippen LogP contribution in [0.2, 0.25) is 0 Å². The lowest BCUT2D eigenvalue weighted by Crippen LogP contribution is -2.31. The molecule has 1 heterocycles. The van der Waals surface area contributed by atoms with Crippen molar-refractivity contribution in [2.24, 2.45) is 5.14 Å². The molecule has 0 saturated heterocycles. The number of primary sulfonamides is 1. The Labute approximate surface area is 110 Å². The average molecular weight is 279 g/mol. The van der Waals surface area contributed by atoms with E-state index in [9.17, 15) is 13.2 Å². The lowest BCUT2D eigenvalue weighted by molar-refractivity contribution is 0.0957. The molecule has 0 saturated carbocycles. The summed E-state index contributed by atoms with van der Waals surface area (Å²) in [7, 11) is -3.57. The number of para-hydroxylation sites is 1. The molecule has 100 valence electrons. The van der Waals surface area contributed by atoms with E-state index in [0.29, 0.717) is 11.1 Å². The summed E-state index contributed by atoms with van der Waals surface area (Å²) in [5.41, 5.74) is 0.991. The van der Waals surface area contributed by atoms with Gasteiger partial charge in [0.25, 0.3) is 5.91 Å². The van der Waals surface area contributed by atoms with Crippen LogP contribution in [0, 0.1) is 0 Å². The second kappa shape index (κ2) is 5.33. The summed E-state index contributed by atoms with van der Waals surface area (Å²) in [6.45, 7) is -0.0269. The van der Waals surface area contributed by atoms with E-state index in [1.807, 2.05) is 12.1 Å². The molecule has 7 heteroatoms. The van der Waals surface area contributed by atoms with Crippen LogP contribution in [-0.4, -0.2) is 31.6 Å². The number of pyridine rings is 1. The van der Waals surface area contributed by atoms with E-state index >= 15 is 0 Å². The SMILES string of the molecule is NS(=O)(=O)CCNC(=O)c1cccc2cccnc12. The third-order valence-corrected chi connectivity index (χ3v) is 3.32. The molecule has 3 N–H and O–H groups in total. The van der Waals surface area contributed by atoms with E-state index in [4.69, 9.17) is 5.14 Å². The van der Waals surface area contributed by atoms with Gasteiger partial charge in [-0.2, -0.15) is 0 Å². The van der Waals surface area contributed by atoms with Crippen molar-refractivity contribution < 1.29 is 13.2 Å². The Balaban J connectivity index is 2.18. The predicted octanol–water partition coefficient (Wildman–Crippen LogP) is 0.253. The molecule has 1 aromatic carbocycles. The summed E-state index contributed by atoms with van der Waals surface area (Å²) in [5.74, 6) is -0.662. The van der Waals surface area contributed by atoms with Gasteiger partial charge in [0.05, 0.1) is 16.8 Å². The topological polar surface area (TPSA) is 102 Å². The molecular formula is C12H13N3O3S. The van der Waals surface area contributed by atoms with Crippen LogP contribution in [0.5, 0.6) is 0 Å². The van der Waals surface area contributed by atoms with Gasteiger partial charge in [0.15, 0.2) is 0 Å². The van der Waals surface area contributed by atoms with Crippen molar-refractivity contribution in [1.29, 1.82) is 0 Å². The third kappa shape index (κ3) is 3.49. The van der Waals surface area contributed by atoms with Gasteiger partial charge in [-0.3, -0.25) is 9.78 Å². The fraction of sp³-hybridized carbons (Fsp3) is 0.167. The molecule has 2 aromatic rings. The second-order valence-electron chi connectivity index (χ2n) is 4.00. The number of amides is 1. The first kappa shape index (κ1) is 13.4. The third-order valence-electron chi connectivity index (χ3n) is 2.55.